The summed E-state index contributed by atoms with van der Waals surface area (Å²) in [6, 6.07) is 7.51. The van der Waals surface area contributed by atoms with Crippen molar-refractivity contribution in [3.05, 3.63) is 36.0 Å². The minimum absolute atomic E-state index is 0.270. The fraction of sp³-hybridized carbons (Fsp3) is 0.357. The van der Waals surface area contributed by atoms with E-state index in [9.17, 15) is 4.79 Å². The molecule has 0 aliphatic carbocycles. The molecule has 3 nitrogen and oxygen atoms in total. The Hall–Kier alpha value is -1.77. The van der Waals surface area contributed by atoms with E-state index in [4.69, 9.17) is 4.74 Å². The second-order valence-corrected chi connectivity index (χ2v) is 4.78. The van der Waals surface area contributed by atoms with Crippen molar-refractivity contribution in [1.82, 2.24) is 4.98 Å². The number of carbonyl (C=O) groups is 1. The molecule has 3 heteroatoms. The molecular formula is C14H17NO2. The molecule has 0 saturated carbocycles. The van der Waals surface area contributed by atoms with Crippen LogP contribution in [0.2, 0.25) is 0 Å². The first kappa shape index (κ1) is 11.7. The van der Waals surface area contributed by atoms with Crippen molar-refractivity contribution in [3.63, 3.8) is 0 Å². The molecule has 1 N–H and O–H groups in total. The Labute approximate surface area is 101 Å². The second-order valence-electron chi connectivity index (χ2n) is 4.78. The maximum Gasteiger partial charge on any atom is 0.338 e. The first-order valence-electron chi connectivity index (χ1n) is 5.82. The Bertz CT molecular complexity index is 540. The number of nitrogens with one attached hydrogen (secondary N) is 1. The van der Waals surface area contributed by atoms with Crippen molar-refractivity contribution in [2.24, 2.45) is 0 Å². The molecule has 0 spiro atoms. The summed E-state index contributed by atoms with van der Waals surface area (Å²) < 4.78 is 5.45. The third-order valence-corrected chi connectivity index (χ3v) is 3.01. The van der Waals surface area contributed by atoms with Crippen LogP contribution >= 0.6 is 0 Å². The first-order valence-corrected chi connectivity index (χ1v) is 5.82. The van der Waals surface area contributed by atoms with E-state index in [0.717, 1.165) is 17.3 Å². The van der Waals surface area contributed by atoms with Crippen molar-refractivity contribution >= 4 is 16.9 Å². The van der Waals surface area contributed by atoms with Crippen LogP contribution in [-0.2, 0) is 4.74 Å². The molecule has 0 radical (unpaired) electrons. The number of fused-ring (bicyclic) bond motifs is 1. The molecule has 1 heterocycles. The third-order valence-electron chi connectivity index (χ3n) is 3.01. The van der Waals surface area contributed by atoms with Gasteiger partial charge in [0.25, 0.3) is 0 Å². The fourth-order valence-corrected chi connectivity index (χ4v) is 1.56. The van der Waals surface area contributed by atoms with Crippen LogP contribution in [0.1, 0.15) is 37.6 Å². The standard InChI is InChI=1S/C14H17NO2/c1-4-14(2,3)17-13(16)11-6-5-10-7-8-15-12(10)9-11/h5-9,15H,4H2,1-3H3. The molecule has 17 heavy (non-hydrogen) atoms. The Balaban J connectivity index is 2.24. The van der Waals surface area contributed by atoms with E-state index in [1.165, 1.54) is 0 Å². The highest BCUT2D eigenvalue weighted by molar-refractivity contribution is 5.94. The molecular weight excluding hydrogens is 214 g/mol. The van der Waals surface area contributed by atoms with Gasteiger partial charge in [-0.1, -0.05) is 13.0 Å². The lowest BCUT2D eigenvalue weighted by Crippen LogP contribution is -2.27. The van der Waals surface area contributed by atoms with Crippen molar-refractivity contribution in [2.75, 3.05) is 0 Å². The average molecular weight is 231 g/mol. The van der Waals surface area contributed by atoms with Gasteiger partial charge in [-0.2, -0.15) is 0 Å². The van der Waals surface area contributed by atoms with E-state index >= 15 is 0 Å². The molecule has 2 rings (SSSR count). The number of carbonyl (C=O) groups excluding carboxylic acids is 1. The fourth-order valence-electron chi connectivity index (χ4n) is 1.56. The molecule has 0 aliphatic heterocycles. The van der Waals surface area contributed by atoms with E-state index in [-0.39, 0.29) is 5.97 Å². The summed E-state index contributed by atoms with van der Waals surface area (Å²) in [4.78, 5) is 15.0. The molecule has 0 atom stereocenters. The average Bonchev–Trinajstić information content (AvgIpc) is 2.75. The highest BCUT2D eigenvalue weighted by atomic mass is 16.6. The SMILES string of the molecule is CCC(C)(C)OC(=O)c1ccc2cc[nH]c2c1. The van der Waals surface area contributed by atoms with Crippen LogP contribution in [0.25, 0.3) is 10.9 Å². The maximum atomic E-state index is 11.9. The first-order chi connectivity index (χ1) is 8.02. The Morgan fingerprint density at radius 2 is 2.12 bits per heavy atom. The topological polar surface area (TPSA) is 42.1 Å². The van der Waals surface area contributed by atoms with Crippen molar-refractivity contribution in [1.29, 1.82) is 0 Å². The van der Waals surface area contributed by atoms with Crippen molar-refractivity contribution in [2.45, 2.75) is 32.8 Å². The van der Waals surface area contributed by atoms with E-state index in [1.54, 1.807) is 6.07 Å². The van der Waals surface area contributed by atoms with Crippen LogP contribution in [0.4, 0.5) is 0 Å². The maximum absolute atomic E-state index is 11.9. The zero-order chi connectivity index (χ0) is 12.5. The Kier molecular flexibility index (Phi) is 2.92. The molecule has 0 unspecified atom stereocenters. The van der Waals surface area contributed by atoms with Gasteiger partial charge in [0.2, 0.25) is 0 Å². The van der Waals surface area contributed by atoms with Gasteiger partial charge in [0.05, 0.1) is 5.56 Å². The molecule has 1 aromatic heterocycles. The van der Waals surface area contributed by atoms with Crippen LogP contribution in [0.3, 0.4) is 0 Å². The van der Waals surface area contributed by atoms with Crippen LogP contribution in [-0.4, -0.2) is 16.6 Å². The summed E-state index contributed by atoms with van der Waals surface area (Å²) >= 11 is 0. The number of hydrogen-bond donors (Lipinski definition) is 1. The third kappa shape index (κ3) is 2.49. The van der Waals surface area contributed by atoms with Gasteiger partial charge in [0.1, 0.15) is 5.60 Å². The summed E-state index contributed by atoms with van der Waals surface area (Å²) in [6.45, 7) is 5.83. The van der Waals surface area contributed by atoms with Crippen LogP contribution < -0.4 is 0 Å². The normalized spacial score (nSPS) is 11.7. The van der Waals surface area contributed by atoms with Gasteiger partial charge in [0.15, 0.2) is 0 Å². The molecule has 1 aromatic carbocycles. The molecule has 0 saturated heterocycles. The van der Waals surface area contributed by atoms with Crippen LogP contribution in [0.15, 0.2) is 30.5 Å². The minimum atomic E-state index is -0.415. The summed E-state index contributed by atoms with van der Waals surface area (Å²) in [5.41, 5.74) is 1.12. The predicted octanol–water partition coefficient (Wildman–Crippen LogP) is 3.51. The van der Waals surface area contributed by atoms with Gasteiger partial charge in [-0.25, -0.2) is 4.79 Å². The van der Waals surface area contributed by atoms with Gasteiger partial charge in [-0.3, -0.25) is 0 Å². The molecule has 0 aliphatic rings. The quantitative estimate of drug-likeness (QED) is 0.821. The smallest absolute Gasteiger partial charge is 0.338 e. The molecule has 0 bridgehead atoms. The van der Waals surface area contributed by atoms with Gasteiger partial charge in [-0.05, 0) is 43.9 Å². The zero-order valence-electron chi connectivity index (χ0n) is 10.4. The number of rotatable bonds is 3. The van der Waals surface area contributed by atoms with E-state index in [1.807, 2.05) is 45.2 Å². The number of aromatic amines is 1. The van der Waals surface area contributed by atoms with Crippen LogP contribution in [0.5, 0.6) is 0 Å². The Morgan fingerprint density at radius 1 is 1.35 bits per heavy atom. The van der Waals surface area contributed by atoms with E-state index < -0.39 is 5.60 Å². The minimum Gasteiger partial charge on any atom is -0.456 e. The number of ether oxygens (including phenoxy) is 1. The highest BCUT2D eigenvalue weighted by Crippen LogP contribution is 2.19. The largest absolute Gasteiger partial charge is 0.456 e. The van der Waals surface area contributed by atoms with Gasteiger partial charge in [0, 0.05) is 11.7 Å². The lowest BCUT2D eigenvalue weighted by atomic mass is 10.1. The summed E-state index contributed by atoms with van der Waals surface area (Å²) in [5, 5.41) is 1.09. The van der Waals surface area contributed by atoms with Crippen LogP contribution in [0, 0.1) is 0 Å². The lowest BCUT2D eigenvalue weighted by molar-refractivity contribution is -0.00241. The second kappa shape index (κ2) is 4.24. The van der Waals surface area contributed by atoms with Crippen molar-refractivity contribution < 1.29 is 9.53 Å². The number of benzene rings is 1. The monoisotopic (exact) mass is 231 g/mol. The number of esters is 1. The van der Waals surface area contributed by atoms with E-state index in [0.29, 0.717) is 5.56 Å². The van der Waals surface area contributed by atoms with Gasteiger partial charge < -0.3 is 9.72 Å². The van der Waals surface area contributed by atoms with Gasteiger partial charge in [-0.15, -0.1) is 0 Å². The number of aromatic nitrogens is 1. The summed E-state index contributed by atoms with van der Waals surface area (Å²) in [6.07, 6.45) is 2.65. The molecule has 90 valence electrons. The molecule has 2 aromatic rings. The van der Waals surface area contributed by atoms with Crippen molar-refractivity contribution in [3.8, 4) is 0 Å². The summed E-state index contributed by atoms with van der Waals surface area (Å²) in [7, 11) is 0. The highest BCUT2D eigenvalue weighted by Gasteiger charge is 2.21. The molecule has 0 fully saturated rings. The lowest BCUT2D eigenvalue weighted by Gasteiger charge is -2.23. The van der Waals surface area contributed by atoms with E-state index in [2.05, 4.69) is 4.98 Å². The number of H-pyrrole nitrogens is 1. The van der Waals surface area contributed by atoms with Gasteiger partial charge >= 0.3 is 5.97 Å². The Morgan fingerprint density at radius 3 is 2.82 bits per heavy atom. The predicted molar refractivity (Wildman–Crippen MR) is 68.1 cm³/mol. The zero-order valence-corrected chi connectivity index (χ0v) is 10.4. The molecule has 0 amide bonds. The number of hydrogen-bond acceptors (Lipinski definition) is 2. The summed E-state index contributed by atoms with van der Waals surface area (Å²) in [5.74, 6) is -0.270.